The Labute approximate surface area is 110 Å². The van der Waals surface area contributed by atoms with Gasteiger partial charge in [-0.25, -0.2) is 10.5 Å². The highest BCUT2D eigenvalue weighted by atomic mass is 15.1. The summed E-state index contributed by atoms with van der Waals surface area (Å²) in [6, 6.07) is 14.3. The van der Waals surface area contributed by atoms with Gasteiger partial charge in [-0.1, -0.05) is 24.3 Å². The molecule has 6 nitrogen and oxygen atoms in total. The molecule has 0 aliphatic heterocycles. The SMILES string of the molecule is N=Nc1ccccc1NC(N)=Nc1ccccc1N. The zero-order chi connectivity index (χ0) is 13.7. The van der Waals surface area contributed by atoms with E-state index in [9.17, 15) is 0 Å². The van der Waals surface area contributed by atoms with Gasteiger partial charge in [0.15, 0.2) is 5.96 Å². The summed E-state index contributed by atoms with van der Waals surface area (Å²) < 4.78 is 0. The molecule has 0 aliphatic carbocycles. The van der Waals surface area contributed by atoms with Crippen LogP contribution in [0.5, 0.6) is 0 Å². The van der Waals surface area contributed by atoms with Gasteiger partial charge >= 0.3 is 0 Å². The summed E-state index contributed by atoms with van der Waals surface area (Å²) in [5.74, 6) is 0.189. The molecule has 0 fully saturated rings. The van der Waals surface area contributed by atoms with Crippen LogP contribution in [-0.2, 0) is 0 Å². The molecule has 19 heavy (non-hydrogen) atoms. The van der Waals surface area contributed by atoms with Gasteiger partial charge in [-0.05, 0) is 24.3 Å². The summed E-state index contributed by atoms with van der Waals surface area (Å²) >= 11 is 0. The summed E-state index contributed by atoms with van der Waals surface area (Å²) in [6.07, 6.45) is 0. The van der Waals surface area contributed by atoms with Crippen molar-refractivity contribution in [2.45, 2.75) is 0 Å². The molecule has 0 aliphatic rings. The lowest BCUT2D eigenvalue weighted by Crippen LogP contribution is -2.22. The normalized spacial score (nSPS) is 11.1. The molecule has 0 bridgehead atoms. The number of nitrogens with two attached hydrogens (primary N) is 2. The van der Waals surface area contributed by atoms with E-state index in [1.165, 1.54) is 0 Å². The monoisotopic (exact) mass is 254 g/mol. The van der Waals surface area contributed by atoms with Crippen molar-refractivity contribution < 1.29 is 0 Å². The minimum Gasteiger partial charge on any atom is -0.397 e. The Morgan fingerprint density at radius 2 is 1.63 bits per heavy atom. The lowest BCUT2D eigenvalue weighted by atomic mass is 10.2. The predicted octanol–water partition coefficient (Wildman–Crippen LogP) is 2.99. The molecule has 0 heterocycles. The van der Waals surface area contributed by atoms with Crippen LogP contribution in [0.15, 0.2) is 58.6 Å². The van der Waals surface area contributed by atoms with E-state index in [0.717, 1.165) is 0 Å². The maximum Gasteiger partial charge on any atom is 0.198 e. The number of hydrogen-bond donors (Lipinski definition) is 4. The number of hydrogen-bond acceptors (Lipinski definition) is 4. The van der Waals surface area contributed by atoms with Crippen molar-refractivity contribution in [3.05, 3.63) is 48.5 Å². The van der Waals surface area contributed by atoms with Gasteiger partial charge in [0.05, 0.1) is 17.1 Å². The van der Waals surface area contributed by atoms with Crippen LogP contribution in [0.25, 0.3) is 0 Å². The van der Waals surface area contributed by atoms with Crippen LogP contribution in [0.2, 0.25) is 0 Å². The highest BCUT2D eigenvalue weighted by molar-refractivity contribution is 5.97. The van der Waals surface area contributed by atoms with Gasteiger partial charge in [0.1, 0.15) is 5.69 Å². The number of nitrogen functional groups attached to an aromatic ring is 1. The van der Waals surface area contributed by atoms with Gasteiger partial charge in [-0.2, -0.15) is 5.11 Å². The minimum absolute atomic E-state index is 0.189. The Balaban J connectivity index is 2.24. The van der Waals surface area contributed by atoms with E-state index >= 15 is 0 Å². The lowest BCUT2D eigenvalue weighted by Gasteiger charge is -2.08. The third-order valence-electron chi connectivity index (χ3n) is 2.46. The van der Waals surface area contributed by atoms with E-state index in [-0.39, 0.29) is 5.96 Å². The van der Waals surface area contributed by atoms with Crippen LogP contribution in [0.4, 0.5) is 22.7 Å². The second-order valence-electron chi connectivity index (χ2n) is 3.81. The molecule has 6 N–H and O–H groups in total. The van der Waals surface area contributed by atoms with Crippen LogP contribution in [0.1, 0.15) is 0 Å². The fraction of sp³-hybridized carbons (Fsp3) is 0. The number of rotatable bonds is 3. The first-order valence-corrected chi connectivity index (χ1v) is 5.63. The highest BCUT2D eigenvalue weighted by Crippen LogP contribution is 2.24. The summed E-state index contributed by atoms with van der Waals surface area (Å²) in [7, 11) is 0. The van der Waals surface area contributed by atoms with Gasteiger partial charge in [-0.3, -0.25) is 0 Å². The van der Waals surface area contributed by atoms with Crippen molar-refractivity contribution in [3.8, 4) is 0 Å². The number of para-hydroxylation sites is 4. The van der Waals surface area contributed by atoms with E-state index in [4.69, 9.17) is 17.0 Å². The highest BCUT2D eigenvalue weighted by Gasteiger charge is 2.02. The molecule has 0 atom stereocenters. The third kappa shape index (κ3) is 3.06. The maximum absolute atomic E-state index is 7.07. The molecule has 0 spiro atoms. The molecule has 6 heteroatoms. The van der Waals surface area contributed by atoms with Crippen molar-refractivity contribution in [3.63, 3.8) is 0 Å². The van der Waals surface area contributed by atoms with E-state index < -0.39 is 0 Å². The zero-order valence-electron chi connectivity index (χ0n) is 10.2. The van der Waals surface area contributed by atoms with Crippen LogP contribution >= 0.6 is 0 Å². The second kappa shape index (κ2) is 5.63. The summed E-state index contributed by atoms with van der Waals surface area (Å²) in [4.78, 5) is 4.18. The van der Waals surface area contributed by atoms with Gasteiger partial charge in [0.25, 0.3) is 0 Å². The molecule has 0 radical (unpaired) electrons. The number of anilines is 2. The smallest absolute Gasteiger partial charge is 0.198 e. The Kier molecular flexibility index (Phi) is 3.72. The number of nitrogens with zero attached hydrogens (tertiary/aromatic N) is 2. The van der Waals surface area contributed by atoms with Crippen molar-refractivity contribution in [2.24, 2.45) is 15.8 Å². The molecule has 0 aromatic heterocycles. The van der Waals surface area contributed by atoms with Gasteiger partial charge in [0.2, 0.25) is 0 Å². The molecule has 2 rings (SSSR count). The maximum atomic E-state index is 7.07. The van der Waals surface area contributed by atoms with E-state index in [2.05, 4.69) is 15.4 Å². The number of guanidine groups is 1. The van der Waals surface area contributed by atoms with Crippen molar-refractivity contribution >= 4 is 28.7 Å². The largest absolute Gasteiger partial charge is 0.397 e. The molecule has 0 amide bonds. The average Bonchev–Trinajstić information content (AvgIpc) is 2.42. The molecule has 96 valence electrons. The Morgan fingerprint density at radius 1 is 1.00 bits per heavy atom. The summed E-state index contributed by atoms with van der Waals surface area (Å²) in [5.41, 5.74) is 20.9. The Morgan fingerprint density at radius 3 is 2.32 bits per heavy atom. The Hall–Kier alpha value is -2.89. The van der Waals surface area contributed by atoms with Crippen LogP contribution in [-0.4, -0.2) is 5.96 Å². The van der Waals surface area contributed by atoms with Crippen LogP contribution < -0.4 is 16.8 Å². The topological polar surface area (TPSA) is 113 Å². The van der Waals surface area contributed by atoms with Crippen molar-refractivity contribution in [1.29, 1.82) is 5.53 Å². The zero-order valence-corrected chi connectivity index (χ0v) is 10.2. The number of benzene rings is 2. The van der Waals surface area contributed by atoms with Gasteiger partial charge in [0, 0.05) is 0 Å². The molecular formula is C13H14N6. The standard InChI is InChI=1S/C13H14N6/c14-9-5-1-2-6-10(9)17-13(15)18-11-7-3-4-8-12(11)19-16/h1-8,16H,14H2,(H3,15,17,18). The second-order valence-corrected chi connectivity index (χ2v) is 3.81. The molecule has 0 saturated carbocycles. The van der Waals surface area contributed by atoms with Crippen molar-refractivity contribution in [2.75, 3.05) is 11.1 Å². The first-order valence-electron chi connectivity index (χ1n) is 5.63. The lowest BCUT2D eigenvalue weighted by molar-refractivity contribution is 1.15. The number of nitrogens with one attached hydrogen (secondary N) is 2. The summed E-state index contributed by atoms with van der Waals surface area (Å²) in [6.45, 7) is 0. The molecule has 0 saturated heterocycles. The fourth-order valence-corrected chi connectivity index (χ4v) is 1.56. The molecule has 2 aromatic carbocycles. The van der Waals surface area contributed by atoms with Gasteiger partial charge in [-0.15, -0.1) is 0 Å². The Bertz CT molecular complexity index is 620. The first-order chi connectivity index (χ1) is 9.20. The average molecular weight is 254 g/mol. The first kappa shape index (κ1) is 12.6. The van der Waals surface area contributed by atoms with E-state index in [0.29, 0.717) is 22.7 Å². The van der Waals surface area contributed by atoms with E-state index in [1.807, 2.05) is 18.2 Å². The van der Waals surface area contributed by atoms with Crippen molar-refractivity contribution in [1.82, 2.24) is 0 Å². The van der Waals surface area contributed by atoms with E-state index in [1.54, 1.807) is 30.3 Å². The number of aliphatic imine (C=N–C) groups is 1. The van der Waals surface area contributed by atoms with Crippen LogP contribution in [0, 0.1) is 5.53 Å². The summed E-state index contributed by atoms with van der Waals surface area (Å²) in [5, 5.41) is 6.30. The predicted molar refractivity (Wildman–Crippen MR) is 77.0 cm³/mol. The quantitative estimate of drug-likeness (QED) is 0.292. The third-order valence-corrected chi connectivity index (χ3v) is 2.46. The molecular weight excluding hydrogens is 240 g/mol. The molecule has 2 aromatic rings. The minimum atomic E-state index is 0.189. The van der Waals surface area contributed by atoms with Crippen LogP contribution in [0.3, 0.4) is 0 Å². The van der Waals surface area contributed by atoms with Gasteiger partial charge < -0.3 is 16.8 Å². The molecule has 0 unspecified atom stereocenters. The fourth-order valence-electron chi connectivity index (χ4n) is 1.56.